The minimum atomic E-state index is -1.28. The normalized spacial score (nSPS) is 23.0. The summed E-state index contributed by atoms with van der Waals surface area (Å²) >= 11 is 37.9. The highest BCUT2D eigenvalue weighted by molar-refractivity contribution is 14.0. The first kappa shape index (κ1) is 73.9. The van der Waals surface area contributed by atoms with Gasteiger partial charge in [0.1, 0.15) is 23.4 Å². The minimum Gasteiger partial charge on any atom is -0.481 e. The quantitative estimate of drug-likeness (QED) is 0.0406. The van der Waals surface area contributed by atoms with Crippen LogP contribution in [0.5, 0.6) is 0 Å². The molecule has 4 fully saturated rings. The third-order valence-corrected chi connectivity index (χ3v) is 17.0. The Labute approximate surface area is 556 Å². The fourth-order valence-corrected chi connectivity index (χ4v) is 12.2. The number of amides is 2. The van der Waals surface area contributed by atoms with Crippen LogP contribution in [-0.2, 0) is 38.2 Å². The zero-order chi connectivity index (χ0) is 63.5. The zero-order valence-electron chi connectivity index (χ0n) is 47.1. The maximum absolute atomic E-state index is 14.4. The van der Waals surface area contributed by atoms with E-state index in [0.29, 0.717) is 165 Å². The van der Waals surface area contributed by atoms with Gasteiger partial charge < -0.3 is 57.5 Å². The first-order valence-corrected chi connectivity index (χ1v) is 29.5. The number of alkyl halides is 2. The molecule has 2 saturated heterocycles. The Bertz CT molecular complexity index is 3240. The van der Waals surface area contributed by atoms with Crippen molar-refractivity contribution in [2.45, 2.75) is 141 Å². The molecule has 0 bridgehead atoms. The van der Waals surface area contributed by atoms with E-state index in [2.05, 4.69) is 31.2 Å². The van der Waals surface area contributed by atoms with Gasteiger partial charge in [0.25, 0.3) is 0 Å². The number of nitrogens with zero attached hydrogens (tertiary/aromatic N) is 8. The second kappa shape index (κ2) is 33.0. The van der Waals surface area contributed by atoms with Crippen LogP contribution in [-0.4, -0.2) is 141 Å². The maximum atomic E-state index is 14.4. The van der Waals surface area contributed by atoms with E-state index in [9.17, 15) is 28.0 Å². The Morgan fingerprint density at radius 3 is 1.26 bits per heavy atom. The summed E-state index contributed by atoms with van der Waals surface area (Å²) in [6.07, 6.45) is 5.04. The minimum absolute atomic E-state index is 0. The van der Waals surface area contributed by atoms with E-state index in [1.54, 1.807) is 36.7 Å². The van der Waals surface area contributed by atoms with Crippen molar-refractivity contribution < 1.29 is 62.3 Å². The number of aromatic nitrogens is 8. The van der Waals surface area contributed by atoms with E-state index in [1.165, 1.54) is 0 Å². The number of carbonyl (C=O) groups excluding carboxylic acids is 4. The van der Waals surface area contributed by atoms with E-state index in [4.69, 9.17) is 135 Å². The number of aliphatic hydroxyl groups excluding tert-OH is 1. The van der Waals surface area contributed by atoms with Crippen molar-refractivity contribution in [3.05, 3.63) is 66.8 Å². The molecule has 4 aromatic heterocycles. The molecule has 11 N–H and O–H groups in total. The fourth-order valence-electron chi connectivity index (χ4n) is 10.4. The van der Waals surface area contributed by atoms with Gasteiger partial charge in [-0.1, -0.05) is 90.9 Å². The number of primary amides is 2. The summed E-state index contributed by atoms with van der Waals surface area (Å²) in [6.45, 7) is 4.81. The monoisotopic (exact) mass is 1470 g/mol. The van der Waals surface area contributed by atoms with Crippen molar-refractivity contribution in [2.24, 2.45) is 22.3 Å². The summed E-state index contributed by atoms with van der Waals surface area (Å²) in [5.74, 6) is -1.46. The van der Waals surface area contributed by atoms with E-state index in [1.807, 2.05) is 23.0 Å². The van der Waals surface area contributed by atoms with E-state index < -0.39 is 66.1 Å². The first-order chi connectivity index (χ1) is 41.2. The molecule has 34 heteroatoms. The van der Waals surface area contributed by atoms with Crippen LogP contribution in [0.2, 0.25) is 30.1 Å². The maximum Gasteiger partial charge on any atom is 0.373 e. The Kier molecular flexibility index (Phi) is 27.4. The number of imidazole rings is 2. The second-order valence-electron chi connectivity index (χ2n) is 21.7. The molecule has 4 atom stereocenters. The predicted molar refractivity (Wildman–Crippen MR) is 343 cm³/mol. The van der Waals surface area contributed by atoms with Crippen molar-refractivity contribution in [1.82, 2.24) is 39.0 Å². The van der Waals surface area contributed by atoms with Gasteiger partial charge in [-0.25, -0.2) is 28.7 Å². The average Bonchev–Trinajstić information content (AvgIpc) is 2.00. The van der Waals surface area contributed by atoms with Crippen molar-refractivity contribution in [3.8, 4) is 0 Å². The van der Waals surface area contributed by atoms with Gasteiger partial charge in [0.15, 0.2) is 11.3 Å². The topological polar surface area (TPSA) is 369 Å². The van der Waals surface area contributed by atoms with Crippen LogP contribution < -0.4 is 32.7 Å². The number of rotatable bonds is 16. The standard InChI is InChI=1S/2C24H27Cl3FN7O2.C5H8O5.CO2.CH4.HI/c2*1-24(21(29)36)5-2-13(3-6-24)35-20-18(10-30-22(34-20)31-17-4-7-37-11-16(17)28)32-23(35)33-19-14(26)8-12(25)9-15(19)27;6-3(1-4(7)8)2-5(9)10;2-1-3;;/h2*8-10,13,16-17H,2-7,11H2,1H3,(H2,29,36)(H,32,33)(H,30,31,34);3,6H,1-2H2,(H,7,8)(H,9,10);;1H4;1H/t2*13?,16-,17-,24?;;;;/m11..../s1. The van der Waals surface area contributed by atoms with Crippen LogP contribution in [0.3, 0.4) is 0 Å². The molecular formula is C55H67Cl6F2IN14O11. The second-order valence-corrected chi connectivity index (χ2v) is 24.2. The lowest BCUT2D eigenvalue weighted by Gasteiger charge is -2.35. The number of halogens is 9. The molecule has 4 aliphatic rings. The number of hydrogen-bond donors (Lipinski definition) is 9. The summed E-state index contributed by atoms with van der Waals surface area (Å²) in [5.41, 5.74) is 13.3. The van der Waals surface area contributed by atoms with Gasteiger partial charge in [-0.05, 0) is 88.5 Å². The van der Waals surface area contributed by atoms with E-state index in [-0.39, 0.29) is 74.7 Å². The van der Waals surface area contributed by atoms with Gasteiger partial charge in [-0.15, -0.1) is 24.0 Å². The summed E-state index contributed by atoms with van der Waals surface area (Å²) < 4.78 is 43.1. The number of nitrogens with one attached hydrogen (secondary N) is 4. The smallest absolute Gasteiger partial charge is 0.373 e. The van der Waals surface area contributed by atoms with Gasteiger partial charge in [0.2, 0.25) is 35.6 Å². The van der Waals surface area contributed by atoms with Crippen LogP contribution in [0.25, 0.3) is 22.3 Å². The number of carboxylic acid groups (broad SMARTS) is 2. The largest absolute Gasteiger partial charge is 0.481 e. The SMILES string of the molecule is C.CC1(C(N)=O)CCC(n2c(Nc3c(Cl)cc(Cl)cc3Cl)nc3cnc(N[C@@H]4CCOC[C@H]4F)nc32)CC1.CC1(C(N)=O)CCC(n2c(Nc3c(Cl)cc(Cl)cc3Cl)nc3cnc(N[C@@H]4CCOC[C@H]4F)nc32)CC1.I.O=C(O)CC(O)CC(=O)O.O=C=O. The number of fused-ring (bicyclic) bond motifs is 2. The molecule has 6 heterocycles. The van der Waals surface area contributed by atoms with Gasteiger partial charge in [0, 0.05) is 46.2 Å². The van der Waals surface area contributed by atoms with Crippen molar-refractivity contribution in [3.63, 3.8) is 0 Å². The first-order valence-electron chi connectivity index (χ1n) is 27.2. The molecule has 2 aliphatic carbocycles. The molecule has 89 heavy (non-hydrogen) atoms. The molecular weight excluding hydrogens is 1410 g/mol. The summed E-state index contributed by atoms with van der Waals surface area (Å²) in [7, 11) is 0. The summed E-state index contributed by atoms with van der Waals surface area (Å²) in [6, 6.07) is 5.39. The molecule has 486 valence electrons. The van der Waals surface area contributed by atoms with Gasteiger partial charge >= 0.3 is 18.1 Å². The zero-order valence-corrected chi connectivity index (χ0v) is 54.0. The fraction of sp³-hybridized carbons (Fsp3) is 0.509. The number of ether oxygens (including phenoxy) is 2. The number of nitrogens with two attached hydrogens (primary N) is 2. The van der Waals surface area contributed by atoms with Gasteiger partial charge in [-0.2, -0.15) is 19.6 Å². The highest BCUT2D eigenvalue weighted by Gasteiger charge is 2.40. The molecule has 10 rings (SSSR count). The molecule has 6 aromatic rings. The predicted octanol–water partition coefficient (Wildman–Crippen LogP) is 11.3. The summed E-state index contributed by atoms with van der Waals surface area (Å²) in [5, 5.41) is 39.6. The third kappa shape index (κ3) is 19.1. The number of benzene rings is 2. The van der Waals surface area contributed by atoms with Crippen LogP contribution in [0.15, 0.2) is 36.7 Å². The Morgan fingerprint density at radius 2 is 0.966 bits per heavy atom. The van der Waals surface area contributed by atoms with Crippen molar-refractivity contribution in [1.29, 1.82) is 0 Å². The number of carboxylic acids is 2. The lowest BCUT2D eigenvalue weighted by molar-refractivity contribution is -0.191. The van der Waals surface area contributed by atoms with Gasteiger partial charge in [0.05, 0.1) is 88.1 Å². The van der Waals surface area contributed by atoms with Crippen LogP contribution in [0, 0.1) is 10.8 Å². The molecule has 0 spiro atoms. The molecule has 0 unspecified atom stereocenters. The molecule has 25 nitrogen and oxygen atoms in total. The lowest BCUT2D eigenvalue weighted by Crippen LogP contribution is -2.39. The number of carbonyl (C=O) groups is 4. The Morgan fingerprint density at radius 1 is 0.640 bits per heavy atom. The van der Waals surface area contributed by atoms with Crippen LogP contribution in [0.4, 0.5) is 43.9 Å². The molecule has 2 saturated carbocycles. The molecule has 2 aromatic carbocycles. The third-order valence-electron chi connectivity index (χ3n) is 15.4. The number of anilines is 6. The van der Waals surface area contributed by atoms with Crippen molar-refractivity contribution in [2.75, 3.05) is 47.7 Å². The van der Waals surface area contributed by atoms with Crippen molar-refractivity contribution >= 4 is 181 Å². The van der Waals surface area contributed by atoms with E-state index in [0.717, 1.165) is 0 Å². The average molecular weight is 1480 g/mol. The number of aliphatic carboxylic acids is 2. The molecule has 2 aliphatic heterocycles. The highest BCUT2D eigenvalue weighted by Crippen LogP contribution is 2.46. The number of hydrogen-bond acceptors (Lipinski definition) is 19. The van der Waals surface area contributed by atoms with Crippen LogP contribution >= 0.6 is 93.6 Å². The van der Waals surface area contributed by atoms with Crippen LogP contribution in [0.1, 0.15) is 110 Å². The Hall–Kier alpha value is -5.79. The number of aliphatic hydroxyl groups is 1. The highest BCUT2D eigenvalue weighted by atomic mass is 127. The summed E-state index contributed by atoms with van der Waals surface area (Å²) in [4.78, 5) is 87.6. The van der Waals surface area contributed by atoms with Gasteiger partial charge in [-0.3, -0.25) is 28.3 Å². The lowest BCUT2D eigenvalue weighted by atomic mass is 9.73. The molecule has 2 amide bonds. The van der Waals surface area contributed by atoms with E-state index >= 15 is 0 Å². The Balaban J connectivity index is 0.000000266. The molecule has 0 radical (unpaired) electrons.